The van der Waals surface area contributed by atoms with Gasteiger partial charge in [0, 0.05) is 23.5 Å². The molecule has 0 spiro atoms. The third kappa shape index (κ3) is 5.25. The summed E-state index contributed by atoms with van der Waals surface area (Å²) < 4.78 is 0.653. The summed E-state index contributed by atoms with van der Waals surface area (Å²) in [5.41, 5.74) is 2.36. The Labute approximate surface area is 163 Å². The normalized spacial score (nSPS) is 10.4. The summed E-state index contributed by atoms with van der Waals surface area (Å²) in [4.78, 5) is 22.3. The molecule has 0 fully saturated rings. The number of anilines is 3. The molecule has 1 aromatic heterocycles. The van der Waals surface area contributed by atoms with Gasteiger partial charge in [0.05, 0.1) is 10.7 Å². The third-order valence-electron chi connectivity index (χ3n) is 3.46. The molecule has 0 saturated heterocycles. The van der Waals surface area contributed by atoms with Gasteiger partial charge in [0.25, 0.3) is 5.69 Å². The molecular weight excluding hydrogens is 386 g/mol. The van der Waals surface area contributed by atoms with E-state index in [4.69, 9.17) is 0 Å². The quantitative estimate of drug-likeness (QED) is 0.346. The first-order valence-electron chi connectivity index (χ1n) is 7.84. The Balaban J connectivity index is 1.54. The fourth-order valence-corrected chi connectivity index (χ4v) is 3.73. The fourth-order valence-electron chi connectivity index (χ4n) is 2.17. The minimum absolute atomic E-state index is 0.0727. The number of para-hydroxylation sites is 1. The van der Waals surface area contributed by atoms with E-state index in [1.807, 2.05) is 31.2 Å². The lowest BCUT2D eigenvalue weighted by atomic mass is 10.2. The average Bonchev–Trinajstić information content (AvgIpc) is 3.10. The van der Waals surface area contributed by atoms with Crippen molar-refractivity contribution in [2.75, 3.05) is 16.4 Å². The van der Waals surface area contributed by atoms with Gasteiger partial charge in [-0.15, -0.1) is 10.2 Å². The molecule has 0 radical (unpaired) electrons. The van der Waals surface area contributed by atoms with E-state index in [9.17, 15) is 14.9 Å². The number of hydrogen-bond donors (Lipinski definition) is 2. The van der Waals surface area contributed by atoms with Crippen LogP contribution < -0.4 is 10.6 Å². The van der Waals surface area contributed by atoms with Gasteiger partial charge in [-0.2, -0.15) is 0 Å². The Hall–Kier alpha value is -2.98. The SMILES string of the molecule is Cc1ccccc1Nc1nnc(SCC(=O)Nc2cccc([N+](=O)[O-])c2)s1. The Morgan fingerprint density at radius 2 is 2.04 bits per heavy atom. The number of nitrogens with zero attached hydrogens (tertiary/aromatic N) is 3. The number of aromatic nitrogens is 2. The molecule has 3 aromatic rings. The highest BCUT2D eigenvalue weighted by molar-refractivity contribution is 8.01. The summed E-state index contributed by atoms with van der Waals surface area (Å²) in [6.45, 7) is 2.00. The van der Waals surface area contributed by atoms with E-state index in [-0.39, 0.29) is 17.3 Å². The van der Waals surface area contributed by atoms with Crippen molar-refractivity contribution in [2.45, 2.75) is 11.3 Å². The minimum atomic E-state index is -0.505. The summed E-state index contributed by atoms with van der Waals surface area (Å²) in [7, 11) is 0. The predicted molar refractivity (Wildman–Crippen MR) is 107 cm³/mol. The summed E-state index contributed by atoms with van der Waals surface area (Å²) in [6.07, 6.45) is 0. The topological polar surface area (TPSA) is 110 Å². The molecule has 0 aliphatic carbocycles. The number of aryl methyl sites for hydroxylation is 1. The van der Waals surface area contributed by atoms with Gasteiger partial charge in [0.2, 0.25) is 11.0 Å². The van der Waals surface area contributed by atoms with Crippen molar-refractivity contribution in [3.63, 3.8) is 0 Å². The van der Waals surface area contributed by atoms with Gasteiger partial charge < -0.3 is 10.6 Å². The smallest absolute Gasteiger partial charge is 0.271 e. The molecule has 2 N–H and O–H groups in total. The lowest BCUT2D eigenvalue weighted by molar-refractivity contribution is -0.384. The molecule has 8 nitrogen and oxygen atoms in total. The Morgan fingerprint density at radius 3 is 2.81 bits per heavy atom. The number of carbonyl (C=O) groups excluding carboxylic acids is 1. The summed E-state index contributed by atoms with van der Waals surface area (Å²) in [5, 5.41) is 25.4. The highest BCUT2D eigenvalue weighted by Gasteiger charge is 2.11. The zero-order valence-corrected chi connectivity index (χ0v) is 15.8. The number of benzene rings is 2. The minimum Gasteiger partial charge on any atom is -0.330 e. The van der Waals surface area contributed by atoms with Crippen molar-refractivity contribution in [1.29, 1.82) is 0 Å². The van der Waals surface area contributed by atoms with Crippen LogP contribution in [0.4, 0.5) is 22.2 Å². The van der Waals surface area contributed by atoms with Gasteiger partial charge in [-0.25, -0.2) is 0 Å². The molecule has 0 aliphatic rings. The van der Waals surface area contributed by atoms with Gasteiger partial charge in [0.1, 0.15) is 0 Å². The maximum atomic E-state index is 12.0. The van der Waals surface area contributed by atoms with Crippen LogP contribution in [-0.4, -0.2) is 26.8 Å². The number of carbonyl (C=O) groups is 1. The monoisotopic (exact) mass is 401 g/mol. The average molecular weight is 401 g/mol. The molecule has 27 heavy (non-hydrogen) atoms. The molecule has 1 heterocycles. The summed E-state index contributed by atoms with van der Waals surface area (Å²) >= 11 is 2.60. The number of thioether (sulfide) groups is 1. The lowest BCUT2D eigenvalue weighted by Crippen LogP contribution is -2.14. The maximum absolute atomic E-state index is 12.0. The van der Waals surface area contributed by atoms with Crippen LogP contribution in [0.5, 0.6) is 0 Å². The standard InChI is InChI=1S/C17H15N5O3S2/c1-11-5-2-3-8-14(11)19-16-20-21-17(27-16)26-10-15(23)18-12-6-4-7-13(9-12)22(24)25/h2-9H,10H2,1H3,(H,18,23)(H,19,20). The number of nitro benzene ring substituents is 1. The van der Waals surface area contributed by atoms with Gasteiger partial charge in [-0.3, -0.25) is 14.9 Å². The van der Waals surface area contributed by atoms with Crippen LogP contribution in [0.1, 0.15) is 5.56 Å². The van der Waals surface area contributed by atoms with Crippen LogP contribution in [0.25, 0.3) is 0 Å². The van der Waals surface area contributed by atoms with Crippen molar-refractivity contribution >= 4 is 51.2 Å². The van der Waals surface area contributed by atoms with Crippen LogP contribution in [-0.2, 0) is 4.79 Å². The van der Waals surface area contributed by atoms with Crippen LogP contribution in [0, 0.1) is 17.0 Å². The van der Waals surface area contributed by atoms with Crippen LogP contribution in [0.3, 0.4) is 0 Å². The highest BCUT2D eigenvalue weighted by Crippen LogP contribution is 2.28. The van der Waals surface area contributed by atoms with E-state index in [2.05, 4.69) is 20.8 Å². The number of rotatable bonds is 7. The van der Waals surface area contributed by atoms with Crippen molar-refractivity contribution in [3.8, 4) is 0 Å². The lowest BCUT2D eigenvalue weighted by Gasteiger charge is -2.04. The van der Waals surface area contributed by atoms with E-state index >= 15 is 0 Å². The van der Waals surface area contributed by atoms with Crippen LogP contribution >= 0.6 is 23.1 Å². The van der Waals surface area contributed by atoms with E-state index in [1.165, 1.54) is 41.3 Å². The molecule has 0 atom stereocenters. The van der Waals surface area contributed by atoms with E-state index in [1.54, 1.807) is 6.07 Å². The van der Waals surface area contributed by atoms with Crippen molar-refractivity contribution in [1.82, 2.24) is 10.2 Å². The first kappa shape index (κ1) is 18.8. The van der Waals surface area contributed by atoms with Crippen molar-refractivity contribution in [3.05, 3.63) is 64.2 Å². The van der Waals surface area contributed by atoms with Crippen LogP contribution in [0.2, 0.25) is 0 Å². The molecule has 0 aliphatic heterocycles. The Morgan fingerprint density at radius 1 is 1.22 bits per heavy atom. The van der Waals surface area contributed by atoms with Gasteiger partial charge in [0.15, 0.2) is 4.34 Å². The molecule has 2 aromatic carbocycles. The second kappa shape index (κ2) is 8.60. The second-order valence-corrected chi connectivity index (χ2v) is 7.66. The Bertz CT molecular complexity index is 976. The Kier molecular flexibility index (Phi) is 5.99. The molecule has 3 rings (SSSR count). The number of non-ortho nitro benzene ring substituents is 1. The van der Waals surface area contributed by atoms with E-state index in [0.717, 1.165) is 11.3 Å². The van der Waals surface area contributed by atoms with Gasteiger partial charge in [-0.05, 0) is 24.6 Å². The molecule has 10 heteroatoms. The largest absolute Gasteiger partial charge is 0.330 e. The number of nitrogens with one attached hydrogen (secondary N) is 2. The highest BCUT2D eigenvalue weighted by atomic mass is 32.2. The van der Waals surface area contributed by atoms with E-state index in [0.29, 0.717) is 15.2 Å². The number of nitro groups is 1. The number of hydrogen-bond acceptors (Lipinski definition) is 8. The first-order valence-corrected chi connectivity index (χ1v) is 9.65. The van der Waals surface area contributed by atoms with E-state index < -0.39 is 4.92 Å². The van der Waals surface area contributed by atoms with Gasteiger partial charge >= 0.3 is 0 Å². The predicted octanol–water partition coefficient (Wildman–Crippen LogP) is 4.23. The van der Waals surface area contributed by atoms with Crippen molar-refractivity contribution < 1.29 is 9.72 Å². The molecule has 0 bridgehead atoms. The molecular formula is C17H15N5O3S2. The zero-order chi connectivity index (χ0) is 19.2. The first-order chi connectivity index (χ1) is 13.0. The molecule has 0 unspecified atom stereocenters. The van der Waals surface area contributed by atoms with Crippen molar-refractivity contribution in [2.24, 2.45) is 0 Å². The molecule has 0 saturated carbocycles. The summed E-state index contributed by atoms with van der Waals surface area (Å²) in [5.74, 6) is -0.147. The van der Waals surface area contributed by atoms with Crippen LogP contribution in [0.15, 0.2) is 52.9 Å². The van der Waals surface area contributed by atoms with Gasteiger partial charge in [-0.1, -0.05) is 47.4 Å². The molecule has 1 amide bonds. The zero-order valence-electron chi connectivity index (χ0n) is 14.2. The summed E-state index contributed by atoms with van der Waals surface area (Å²) in [6, 6.07) is 13.7. The second-order valence-electron chi connectivity index (χ2n) is 5.46. The number of amides is 1. The third-order valence-corrected chi connectivity index (χ3v) is 5.43. The maximum Gasteiger partial charge on any atom is 0.271 e. The fraction of sp³-hybridized carbons (Fsp3) is 0.118. The molecule has 138 valence electrons.